The first-order valence-corrected chi connectivity index (χ1v) is 14.9. The molecule has 2 aliphatic rings. The van der Waals surface area contributed by atoms with E-state index in [1.54, 1.807) is 0 Å². The predicted octanol–water partition coefficient (Wildman–Crippen LogP) is 8.47. The van der Waals surface area contributed by atoms with Gasteiger partial charge >= 0.3 is 0 Å². The third-order valence-electron chi connectivity index (χ3n) is 8.70. The molecule has 208 valence electrons. The highest BCUT2D eigenvalue weighted by molar-refractivity contribution is 5.85. The van der Waals surface area contributed by atoms with Crippen molar-refractivity contribution in [2.75, 3.05) is 39.3 Å². The Labute approximate surface area is 240 Å². The Kier molecular flexibility index (Phi) is 16.6. The van der Waals surface area contributed by atoms with Crippen LogP contribution < -0.4 is 0 Å². The zero-order chi connectivity index (χ0) is 24.0. The third kappa shape index (κ3) is 12.6. The minimum Gasteiger partial charge on any atom is -0.303 e. The van der Waals surface area contributed by atoms with E-state index >= 15 is 0 Å². The van der Waals surface area contributed by atoms with Gasteiger partial charge in [-0.2, -0.15) is 0 Å². The van der Waals surface area contributed by atoms with E-state index in [1.165, 1.54) is 134 Å². The zero-order valence-corrected chi connectivity index (χ0v) is 24.7. The Morgan fingerprint density at radius 3 is 1.24 bits per heavy atom. The van der Waals surface area contributed by atoms with Gasteiger partial charge in [0.2, 0.25) is 0 Å². The lowest BCUT2D eigenvalue weighted by molar-refractivity contribution is 0.160. The monoisotopic (exact) mass is 546 g/mol. The van der Waals surface area contributed by atoms with Gasteiger partial charge in [-0.05, 0) is 126 Å². The highest BCUT2D eigenvalue weighted by Crippen LogP contribution is 2.27. The fourth-order valence-electron chi connectivity index (χ4n) is 6.31. The molecule has 4 rings (SSSR count). The number of hydrogen-bond donors (Lipinski definition) is 0. The summed E-state index contributed by atoms with van der Waals surface area (Å²) in [5.41, 5.74) is 2.99. The van der Waals surface area contributed by atoms with Crippen LogP contribution in [-0.2, 0) is 12.8 Å². The molecule has 0 amide bonds. The summed E-state index contributed by atoms with van der Waals surface area (Å²) in [6.45, 7) is 8.00. The van der Waals surface area contributed by atoms with Gasteiger partial charge in [0.05, 0.1) is 0 Å². The number of halogens is 2. The van der Waals surface area contributed by atoms with Gasteiger partial charge in [-0.25, -0.2) is 0 Å². The van der Waals surface area contributed by atoms with Crippen LogP contribution >= 0.6 is 24.8 Å². The first kappa shape index (κ1) is 32.2. The van der Waals surface area contributed by atoms with Gasteiger partial charge in [0.1, 0.15) is 0 Å². The number of nitrogens with zero attached hydrogens (tertiary/aromatic N) is 2. The van der Waals surface area contributed by atoms with E-state index in [2.05, 4.69) is 70.5 Å². The normalized spacial score (nSPS) is 17.7. The quantitative estimate of drug-likeness (QED) is 0.219. The molecule has 2 aliphatic heterocycles. The Morgan fingerprint density at radius 2 is 0.865 bits per heavy atom. The van der Waals surface area contributed by atoms with Crippen molar-refractivity contribution < 1.29 is 0 Å². The summed E-state index contributed by atoms with van der Waals surface area (Å²) in [4.78, 5) is 5.47. The van der Waals surface area contributed by atoms with Gasteiger partial charge in [-0.1, -0.05) is 79.9 Å². The summed E-state index contributed by atoms with van der Waals surface area (Å²) in [5.74, 6) is 2.00. The molecule has 0 N–H and O–H groups in total. The Bertz CT molecular complexity index is 717. The molecule has 0 saturated carbocycles. The number of hydrogen-bond acceptors (Lipinski definition) is 2. The van der Waals surface area contributed by atoms with E-state index in [9.17, 15) is 0 Å². The lowest BCUT2D eigenvalue weighted by Crippen LogP contribution is -2.35. The molecular weight excluding hydrogens is 495 g/mol. The van der Waals surface area contributed by atoms with E-state index < -0.39 is 0 Å². The van der Waals surface area contributed by atoms with Crippen LogP contribution in [0.4, 0.5) is 0 Å². The van der Waals surface area contributed by atoms with Crippen molar-refractivity contribution in [1.29, 1.82) is 0 Å². The standard InChI is InChI=1S/C33H50N2.2ClH/c1-3-12-30(13-4-1)16-7-9-24-34-26-20-32(21-27-34)18-11-19-33-22-28-35(29-23-33)25-10-8-17-31-14-5-2-6-15-31;;/h1-6,12-15,32-33H,7-11,16-29H2;2*1H. The zero-order valence-electron chi connectivity index (χ0n) is 23.1. The van der Waals surface area contributed by atoms with Crippen LogP contribution in [0.2, 0.25) is 0 Å². The lowest BCUT2D eigenvalue weighted by Gasteiger charge is -2.33. The molecule has 2 heterocycles. The predicted molar refractivity (Wildman–Crippen MR) is 165 cm³/mol. The average Bonchev–Trinajstić information content (AvgIpc) is 2.92. The molecule has 4 heteroatoms. The molecule has 0 radical (unpaired) electrons. The van der Waals surface area contributed by atoms with Crippen LogP contribution in [0.15, 0.2) is 60.7 Å². The van der Waals surface area contributed by atoms with Crippen LogP contribution in [-0.4, -0.2) is 49.1 Å². The molecular formula is C33H52Cl2N2. The molecule has 0 bridgehead atoms. The van der Waals surface area contributed by atoms with Crippen LogP contribution in [0.3, 0.4) is 0 Å². The average molecular weight is 548 g/mol. The second kappa shape index (κ2) is 19.1. The molecule has 2 fully saturated rings. The van der Waals surface area contributed by atoms with Crippen LogP contribution in [0.1, 0.15) is 81.8 Å². The van der Waals surface area contributed by atoms with Gasteiger partial charge in [0, 0.05) is 0 Å². The maximum absolute atomic E-state index is 2.73. The number of aryl methyl sites for hydroxylation is 2. The van der Waals surface area contributed by atoms with E-state index in [0.717, 1.165) is 11.8 Å². The molecule has 2 aromatic rings. The highest BCUT2D eigenvalue weighted by Gasteiger charge is 2.21. The summed E-state index contributed by atoms with van der Waals surface area (Å²) < 4.78 is 0. The van der Waals surface area contributed by atoms with Crippen LogP contribution in [0, 0.1) is 11.8 Å². The first-order chi connectivity index (χ1) is 17.3. The molecule has 2 aromatic carbocycles. The number of unbranched alkanes of at least 4 members (excludes halogenated alkanes) is 2. The summed E-state index contributed by atoms with van der Waals surface area (Å²) >= 11 is 0. The summed E-state index contributed by atoms with van der Waals surface area (Å²) in [5, 5.41) is 0. The summed E-state index contributed by atoms with van der Waals surface area (Å²) in [6.07, 6.45) is 18.1. The second-order valence-electron chi connectivity index (χ2n) is 11.4. The molecule has 0 aliphatic carbocycles. The molecule has 0 atom stereocenters. The van der Waals surface area contributed by atoms with Crippen molar-refractivity contribution in [3.63, 3.8) is 0 Å². The fourth-order valence-corrected chi connectivity index (χ4v) is 6.31. The summed E-state index contributed by atoms with van der Waals surface area (Å²) in [6, 6.07) is 22.0. The van der Waals surface area contributed by atoms with Crippen LogP contribution in [0.25, 0.3) is 0 Å². The van der Waals surface area contributed by atoms with Crippen molar-refractivity contribution in [3.05, 3.63) is 71.8 Å². The van der Waals surface area contributed by atoms with E-state index in [0.29, 0.717) is 0 Å². The third-order valence-corrected chi connectivity index (χ3v) is 8.70. The molecule has 0 unspecified atom stereocenters. The Morgan fingerprint density at radius 1 is 0.486 bits per heavy atom. The smallest absolute Gasteiger partial charge is 0.00161 e. The van der Waals surface area contributed by atoms with Gasteiger partial charge in [0.15, 0.2) is 0 Å². The lowest BCUT2D eigenvalue weighted by atomic mass is 9.86. The second-order valence-corrected chi connectivity index (χ2v) is 11.4. The minimum absolute atomic E-state index is 0. The number of rotatable bonds is 14. The number of piperidine rings is 2. The highest BCUT2D eigenvalue weighted by atomic mass is 35.5. The van der Waals surface area contributed by atoms with Crippen molar-refractivity contribution in [1.82, 2.24) is 9.80 Å². The number of likely N-dealkylation sites (tertiary alicyclic amines) is 2. The minimum atomic E-state index is 0. The first-order valence-electron chi connectivity index (χ1n) is 14.9. The van der Waals surface area contributed by atoms with E-state index in [1.807, 2.05) is 0 Å². The molecule has 0 spiro atoms. The van der Waals surface area contributed by atoms with E-state index in [4.69, 9.17) is 0 Å². The van der Waals surface area contributed by atoms with Crippen molar-refractivity contribution >= 4 is 24.8 Å². The topological polar surface area (TPSA) is 6.48 Å². The molecule has 37 heavy (non-hydrogen) atoms. The maximum Gasteiger partial charge on any atom is -0.00161 e. The Hall–Kier alpha value is -1.06. The maximum atomic E-state index is 2.73. The largest absolute Gasteiger partial charge is 0.303 e. The van der Waals surface area contributed by atoms with Gasteiger partial charge in [-0.3, -0.25) is 0 Å². The fraction of sp³-hybridized carbons (Fsp3) is 0.636. The van der Waals surface area contributed by atoms with Crippen molar-refractivity contribution in [2.24, 2.45) is 11.8 Å². The Balaban J connectivity index is 0.00000241. The molecule has 2 nitrogen and oxygen atoms in total. The van der Waals surface area contributed by atoms with Crippen molar-refractivity contribution in [2.45, 2.75) is 83.5 Å². The van der Waals surface area contributed by atoms with Crippen LogP contribution in [0.5, 0.6) is 0 Å². The number of benzene rings is 2. The summed E-state index contributed by atoms with van der Waals surface area (Å²) in [7, 11) is 0. The van der Waals surface area contributed by atoms with Gasteiger partial charge < -0.3 is 9.80 Å². The van der Waals surface area contributed by atoms with E-state index in [-0.39, 0.29) is 24.8 Å². The van der Waals surface area contributed by atoms with Gasteiger partial charge in [-0.15, -0.1) is 24.8 Å². The van der Waals surface area contributed by atoms with Crippen molar-refractivity contribution in [3.8, 4) is 0 Å². The molecule has 0 aromatic heterocycles. The SMILES string of the molecule is Cl.Cl.c1ccc(CCCCN2CCC(CCCC3CCN(CCCCc4ccccc4)CC3)CC2)cc1. The molecule has 2 saturated heterocycles. The van der Waals surface area contributed by atoms with Gasteiger partial charge in [0.25, 0.3) is 0 Å².